The number of halogens is 1. The van der Waals surface area contributed by atoms with Crippen molar-refractivity contribution in [2.45, 2.75) is 20.8 Å². The Morgan fingerprint density at radius 1 is 1.13 bits per heavy atom. The molecule has 0 spiro atoms. The summed E-state index contributed by atoms with van der Waals surface area (Å²) in [5.41, 5.74) is 1.59. The minimum absolute atomic E-state index is 0.0314. The van der Waals surface area contributed by atoms with Gasteiger partial charge in [-0.25, -0.2) is 4.79 Å². The van der Waals surface area contributed by atoms with Crippen LogP contribution in [0, 0.1) is 13.8 Å². The molecule has 168 valence electrons. The number of thiophene rings is 1. The van der Waals surface area contributed by atoms with E-state index in [1.54, 1.807) is 37.1 Å². The number of nitrogens with zero attached hydrogens (tertiary/aromatic N) is 1. The van der Waals surface area contributed by atoms with Crippen molar-refractivity contribution in [1.82, 2.24) is 4.90 Å². The van der Waals surface area contributed by atoms with Gasteiger partial charge >= 0.3 is 5.97 Å². The van der Waals surface area contributed by atoms with Gasteiger partial charge in [-0.3, -0.25) is 14.5 Å². The summed E-state index contributed by atoms with van der Waals surface area (Å²) in [7, 11) is 3.14. The molecule has 2 amide bonds. The van der Waals surface area contributed by atoms with Crippen LogP contribution in [0.4, 0.5) is 10.7 Å². The highest BCUT2D eigenvalue weighted by Gasteiger charge is 2.22. The molecule has 0 bridgehead atoms. The van der Waals surface area contributed by atoms with Crippen LogP contribution >= 0.6 is 22.9 Å². The number of methoxy groups -OCH3 is 1. The zero-order chi connectivity index (χ0) is 23.1. The van der Waals surface area contributed by atoms with Crippen LogP contribution in [0.25, 0.3) is 0 Å². The Balaban J connectivity index is 1.98. The van der Waals surface area contributed by atoms with Crippen molar-refractivity contribution in [3.8, 4) is 5.75 Å². The molecular formula is C21H26ClN3O5S. The maximum absolute atomic E-state index is 12.5. The van der Waals surface area contributed by atoms with Crippen molar-refractivity contribution in [3.63, 3.8) is 0 Å². The Labute approximate surface area is 190 Å². The lowest BCUT2D eigenvalue weighted by atomic mass is 10.1. The van der Waals surface area contributed by atoms with Gasteiger partial charge in [0.2, 0.25) is 11.8 Å². The third-order valence-corrected chi connectivity index (χ3v) is 5.74. The number of aryl methyl sites for hydroxylation is 1. The van der Waals surface area contributed by atoms with Crippen molar-refractivity contribution in [1.29, 1.82) is 0 Å². The summed E-state index contributed by atoms with van der Waals surface area (Å²) in [6.07, 6.45) is 0. The molecular weight excluding hydrogens is 442 g/mol. The molecule has 8 nitrogen and oxygen atoms in total. The Bertz CT molecular complexity index is 976. The largest absolute Gasteiger partial charge is 0.495 e. The number of carbonyl (C=O) groups excluding carboxylic acids is 3. The molecule has 1 aromatic heterocycles. The molecule has 31 heavy (non-hydrogen) atoms. The fraction of sp³-hybridized carbons (Fsp3) is 0.381. The smallest absolute Gasteiger partial charge is 0.341 e. The highest BCUT2D eigenvalue weighted by Crippen LogP contribution is 2.33. The number of hydrogen-bond donors (Lipinski definition) is 2. The maximum Gasteiger partial charge on any atom is 0.341 e. The van der Waals surface area contributed by atoms with Crippen LogP contribution in [0.2, 0.25) is 5.02 Å². The second-order valence-electron chi connectivity index (χ2n) is 6.82. The molecule has 0 saturated heterocycles. The summed E-state index contributed by atoms with van der Waals surface area (Å²) in [5.74, 6) is -0.663. The minimum Gasteiger partial charge on any atom is -0.495 e. The number of anilines is 2. The van der Waals surface area contributed by atoms with Crippen LogP contribution in [0.1, 0.15) is 27.7 Å². The molecule has 0 radical (unpaired) electrons. The van der Waals surface area contributed by atoms with Crippen LogP contribution in [0.5, 0.6) is 5.75 Å². The van der Waals surface area contributed by atoms with E-state index in [4.69, 9.17) is 21.1 Å². The Morgan fingerprint density at radius 3 is 2.39 bits per heavy atom. The number of rotatable bonds is 9. The molecule has 0 aliphatic heterocycles. The van der Waals surface area contributed by atoms with E-state index in [0.717, 1.165) is 10.4 Å². The predicted molar refractivity (Wildman–Crippen MR) is 123 cm³/mol. The van der Waals surface area contributed by atoms with Crippen molar-refractivity contribution in [2.24, 2.45) is 0 Å². The molecule has 1 aromatic carbocycles. The predicted octanol–water partition coefficient (Wildman–Crippen LogP) is 3.71. The van der Waals surface area contributed by atoms with Gasteiger partial charge in [0.25, 0.3) is 0 Å². The second kappa shape index (κ2) is 11.1. The topological polar surface area (TPSA) is 97.0 Å². The number of benzene rings is 1. The van der Waals surface area contributed by atoms with E-state index in [1.165, 1.54) is 18.4 Å². The molecule has 1 heterocycles. The zero-order valence-corrected chi connectivity index (χ0v) is 19.7. The van der Waals surface area contributed by atoms with E-state index in [-0.39, 0.29) is 31.5 Å². The van der Waals surface area contributed by atoms with Crippen LogP contribution in [0.3, 0.4) is 0 Å². The van der Waals surface area contributed by atoms with Crippen LogP contribution < -0.4 is 15.4 Å². The molecule has 0 fully saturated rings. The molecule has 0 unspecified atom stereocenters. The summed E-state index contributed by atoms with van der Waals surface area (Å²) in [4.78, 5) is 39.6. The molecule has 2 rings (SSSR count). The highest BCUT2D eigenvalue weighted by molar-refractivity contribution is 7.16. The van der Waals surface area contributed by atoms with Gasteiger partial charge in [-0.15, -0.1) is 11.3 Å². The van der Waals surface area contributed by atoms with Gasteiger partial charge in [-0.1, -0.05) is 11.6 Å². The third kappa shape index (κ3) is 6.68. The average molecular weight is 468 g/mol. The molecule has 0 aliphatic carbocycles. The van der Waals surface area contributed by atoms with Gasteiger partial charge in [0.15, 0.2) is 0 Å². The van der Waals surface area contributed by atoms with Crippen LogP contribution in [-0.4, -0.2) is 56.5 Å². The summed E-state index contributed by atoms with van der Waals surface area (Å²) >= 11 is 7.29. The molecule has 0 saturated carbocycles. The molecule has 2 aromatic rings. The van der Waals surface area contributed by atoms with E-state index in [1.807, 2.05) is 13.8 Å². The summed E-state index contributed by atoms with van der Waals surface area (Å²) < 4.78 is 10.3. The number of hydrogen-bond acceptors (Lipinski definition) is 7. The number of carbonyl (C=O) groups is 3. The zero-order valence-electron chi connectivity index (χ0n) is 18.1. The summed E-state index contributed by atoms with van der Waals surface area (Å²) in [6.45, 7) is 5.58. The summed E-state index contributed by atoms with van der Waals surface area (Å²) in [6, 6.07) is 4.90. The van der Waals surface area contributed by atoms with Crippen molar-refractivity contribution in [2.75, 3.05) is 44.5 Å². The molecule has 0 aliphatic rings. The van der Waals surface area contributed by atoms with Crippen molar-refractivity contribution >= 4 is 51.4 Å². The van der Waals surface area contributed by atoms with Gasteiger partial charge in [-0.05, 0) is 51.6 Å². The fourth-order valence-corrected chi connectivity index (χ4v) is 4.08. The number of nitrogens with one attached hydrogen (secondary N) is 2. The molecule has 2 N–H and O–H groups in total. The molecule has 0 atom stereocenters. The number of likely N-dealkylation sites (N-methyl/N-ethyl adjacent to an activating group) is 1. The Morgan fingerprint density at radius 2 is 1.77 bits per heavy atom. The highest BCUT2D eigenvalue weighted by atomic mass is 35.5. The minimum atomic E-state index is -0.470. The van der Waals surface area contributed by atoms with Gasteiger partial charge in [-0.2, -0.15) is 0 Å². The van der Waals surface area contributed by atoms with Gasteiger partial charge in [0.05, 0.1) is 38.1 Å². The van der Waals surface area contributed by atoms with Gasteiger partial charge in [0.1, 0.15) is 10.8 Å². The van der Waals surface area contributed by atoms with E-state index in [2.05, 4.69) is 10.6 Å². The Hall–Kier alpha value is -2.62. The number of esters is 1. The number of amides is 2. The third-order valence-electron chi connectivity index (χ3n) is 4.38. The molecule has 10 heteroatoms. The standard InChI is InChI=1S/C21H26ClN3O5S/c1-6-30-21(28)19-12(2)13(3)31-20(19)24-18(27)11-25(4)10-17(26)23-15-9-14(22)7-8-16(15)29-5/h7-9H,6,10-11H2,1-5H3,(H,23,26)(H,24,27). The first-order valence-corrected chi connectivity index (χ1v) is 10.7. The first-order chi connectivity index (χ1) is 14.7. The maximum atomic E-state index is 12.5. The van der Waals surface area contributed by atoms with E-state index < -0.39 is 5.97 Å². The second-order valence-corrected chi connectivity index (χ2v) is 8.48. The van der Waals surface area contributed by atoms with Crippen LogP contribution in [-0.2, 0) is 14.3 Å². The Kier molecular flexibility index (Phi) is 8.85. The van der Waals surface area contributed by atoms with Gasteiger partial charge < -0.3 is 20.1 Å². The SMILES string of the molecule is CCOC(=O)c1c(NC(=O)CN(C)CC(=O)Nc2cc(Cl)ccc2OC)sc(C)c1C. The fourth-order valence-electron chi connectivity index (χ4n) is 2.84. The van der Waals surface area contributed by atoms with E-state index in [0.29, 0.717) is 27.0 Å². The normalized spacial score (nSPS) is 10.7. The monoisotopic (exact) mass is 467 g/mol. The first-order valence-electron chi connectivity index (χ1n) is 9.55. The lowest BCUT2D eigenvalue weighted by molar-refractivity contribution is -0.119. The lowest BCUT2D eigenvalue weighted by Gasteiger charge is -2.17. The quantitative estimate of drug-likeness (QED) is 0.545. The average Bonchev–Trinajstić information content (AvgIpc) is 2.95. The van der Waals surface area contributed by atoms with Gasteiger partial charge in [0, 0.05) is 9.90 Å². The number of ether oxygens (including phenoxy) is 2. The van der Waals surface area contributed by atoms with E-state index in [9.17, 15) is 14.4 Å². The lowest BCUT2D eigenvalue weighted by Crippen LogP contribution is -2.36. The van der Waals surface area contributed by atoms with Crippen LogP contribution in [0.15, 0.2) is 18.2 Å². The van der Waals surface area contributed by atoms with Crippen molar-refractivity contribution < 1.29 is 23.9 Å². The first kappa shape index (κ1) is 24.6. The van der Waals surface area contributed by atoms with Crippen molar-refractivity contribution in [3.05, 3.63) is 39.2 Å². The van der Waals surface area contributed by atoms with E-state index >= 15 is 0 Å². The summed E-state index contributed by atoms with van der Waals surface area (Å²) in [5, 5.41) is 6.39.